The van der Waals surface area contributed by atoms with Gasteiger partial charge in [0.05, 0.1) is 0 Å². The lowest BCUT2D eigenvalue weighted by Crippen LogP contribution is -2.02. The topological polar surface area (TPSA) is 64.5 Å². The van der Waals surface area contributed by atoms with Crippen molar-refractivity contribution >= 4 is 0 Å². The van der Waals surface area contributed by atoms with Gasteiger partial charge in [-0.05, 0) is 65.1 Å². The Hall–Kier alpha value is -5.03. The first-order chi connectivity index (χ1) is 18.3. The van der Waals surface area contributed by atoms with Crippen LogP contribution in [-0.4, -0.2) is 24.9 Å². The van der Waals surface area contributed by atoms with E-state index < -0.39 is 0 Å². The normalized spacial score (nSPS) is 10.8. The SMILES string of the molecule is Cc1cc(-c2nc(-c3ccccn3)nc(-c3ccccn3)n2)ccc1-c1ccccc1-c1ccccc1. The average Bonchev–Trinajstić information content (AvgIpc) is 2.98. The van der Waals surface area contributed by atoms with Gasteiger partial charge in [-0.15, -0.1) is 0 Å². The van der Waals surface area contributed by atoms with Gasteiger partial charge in [0.25, 0.3) is 0 Å². The smallest absolute Gasteiger partial charge is 0.182 e. The summed E-state index contributed by atoms with van der Waals surface area (Å²) >= 11 is 0. The number of pyridine rings is 2. The van der Waals surface area contributed by atoms with Gasteiger partial charge in [0.15, 0.2) is 17.5 Å². The number of hydrogen-bond donors (Lipinski definition) is 0. The second kappa shape index (κ2) is 9.91. The average molecular weight is 478 g/mol. The maximum atomic E-state index is 4.80. The standard InChI is InChI=1S/C32H23N5/c1-22-21-24(17-18-25(22)27-14-6-5-13-26(27)23-11-3-2-4-12-23)30-35-31(28-15-7-9-19-33-28)37-32(36-30)29-16-8-10-20-34-29/h2-21H,1H3. The lowest BCUT2D eigenvalue weighted by atomic mass is 9.91. The largest absolute Gasteiger partial charge is 0.253 e. The third-order valence-electron chi connectivity index (χ3n) is 6.21. The Morgan fingerprint density at radius 2 is 1.00 bits per heavy atom. The molecule has 5 heteroatoms. The third kappa shape index (κ3) is 4.62. The fourth-order valence-electron chi connectivity index (χ4n) is 4.42. The Morgan fingerprint density at radius 3 is 1.59 bits per heavy atom. The van der Waals surface area contributed by atoms with Gasteiger partial charge in [0.1, 0.15) is 11.4 Å². The first-order valence-corrected chi connectivity index (χ1v) is 12.1. The van der Waals surface area contributed by atoms with Crippen LogP contribution in [0, 0.1) is 6.92 Å². The third-order valence-corrected chi connectivity index (χ3v) is 6.21. The fraction of sp³-hybridized carbons (Fsp3) is 0.0312. The number of hydrogen-bond acceptors (Lipinski definition) is 5. The minimum atomic E-state index is 0.516. The minimum Gasteiger partial charge on any atom is -0.253 e. The Kier molecular flexibility index (Phi) is 6.01. The molecule has 0 unspecified atom stereocenters. The molecule has 0 bridgehead atoms. The van der Waals surface area contributed by atoms with Gasteiger partial charge in [-0.3, -0.25) is 9.97 Å². The molecule has 6 rings (SSSR count). The Morgan fingerprint density at radius 1 is 0.432 bits per heavy atom. The van der Waals surface area contributed by atoms with Crippen molar-refractivity contribution < 1.29 is 0 Å². The summed E-state index contributed by atoms with van der Waals surface area (Å²) in [4.78, 5) is 23.2. The number of rotatable bonds is 5. The molecule has 0 aliphatic rings. The van der Waals surface area contributed by atoms with E-state index in [0.29, 0.717) is 28.9 Å². The van der Waals surface area contributed by atoms with E-state index in [9.17, 15) is 0 Å². The van der Waals surface area contributed by atoms with Crippen LogP contribution in [0.4, 0.5) is 0 Å². The molecule has 3 heterocycles. The molecule has 6 aromatic rings. The summed E-state index contributed by atoms with van der Waals surface area (Å²) in [7, 11) is 0. The lowest BCUT2D eigenvalue weighted by molar-refractivity contribution is 1.05. The first kappa shape index (κ1) is 22.4. The maximum absolute atomic E-state index is 4.80. The van der Waals surface area contributed by atoms with Crippen LogP contribution in [0.2, 0.25) is 0 Å². The van der Waals surface area contributed by atoms with Crippen molar-refractivity contribution in [2.24, 2.45) is 0 Å². The summed E-state index contributed by atoms with van der Waals surface area (Å²) in [6.07, 6.45) is 3.48. The van der Waals surface area contributed by atoms with E-state index in [0.717, 1.165) is 11.1 Å². The summed E-state index contributed by atoms with van der Waals surface area (Å²) in [5.74, 6) is 1.62. The predicted molar refractivity (Wildman–Crippen MR) is 147 cm³/mol. The number of benzene rings is 3. The summed E-state index contributed by atoms with van der Waals surface area (Å²) in [5.41, 5.74) is 8.19. The number of aryl methyl sites for hydroxylation is 1. The Labute approximate surface area is 215 Å². The van der Waals surface area contributed by atoms with Gasteiger partial charge in [-0.2, -0.15) is 0 Å². The molecule has 0 amide bonds. The van der Waals surface area contributed by atoms with Crippen molar-refractivity contribution in [1.29, 1.82) is 0 Å². The highest BCUT2D eigenvalue weighted by molar-refractivity contribution is 5.85. The molecular weight excluding hydrogens is 454 g/mol. The van der Waals surface area contributed by atoms with Crippen LogP contribution in [0.1, 0.15) is 5.56 Å². The van der Waals surface area contributed by atoms with E-state index in [1.54, 1.807) is 12.4 Å². The predicted octanol–water partition coefficient (Wildman–Crippen LogP) is 7.31. The van der Waals surface area contributed by atoms with E-state index in [4.69, 9.17) is 9.97 Å². The van der Waals surface area contributed by atoms with Crippen molar-refractivity contribution in [1.82, 2.24) is 24.9 Å². The molecule has 5 nitrogen and oxygen atoms in total. The van der Waals surface area contributed by atoms with Crippen LogP contribution in [-0.2, 0) is 0 Å². The highest BCUT2D eigenvalue weighted by atomic mass is 15.1. The van der Waals surface area contributed by atoms with Gasteiger partial charge in [0, 0.05) is 18.0 Å². The molecule has 37 heavy (non-hydrogen) atoms. The molecule has 0 fully saturated rings. The Bertz CT molecular complexity index is 1610. The summed E-state index contributed by atoms with van der Waals surface area (Å²) in [6, 6.07) is 36.7. The number of nitrogens with zero attached hydrogens (tertiary/aromatic N) is 5. The lowest BCUT2D eigenvalue weighted by Gasteiger charge is -2.14. The molecule has 3 aromatic heterocycles. The van der Waals surface area contributed by atoms with Gasteiger partial charge < -0.3 is 0 Å². The highest BCUT2D eigenvalue weighted by Crippen LogP contribution is 2.35. The van der Waals surface area contributed by atoms with Crippen LogP contribution in [0.5, 0.6) is 0 Å². The van der Waals surface area contributed by atoms with Gasteiger partial charge in [-0.1, -0.05) is 78.9 Å². The zero-order valence-electron chi connectivity index (χ0n) is 20.3. The molecular formula is C32H23N5. The van der Waals surface area contributed by atoms with Gasteiger partial charge in [0.2, 0.25) is 0 Å². The van der Waals surface area contributed by atoms with Crippen LogP contribution in [0.25, 0.3) is 56.7 Å². The second-order valence-corrected chi connectivity index (χ2v) is 8.68. The molecule has 0 aliphatic heterocycles. The van der Waals surface area contributed by atoms with E-state index in [1.807, 2.05) is 42.5 Å². The van der Waals surface area contributed by atoms with Crippen molar-refractivity contribution in [3.05, 3.63) is 127 Å². The number of aromatic nitrogens is 5. The van der Waals surface area contributed by atoms with Crippen LogP contribution in [0.15, 0.2) is 122 Å². The summed E-state index contributed by atoms with van der Waals surface area (Å²) in [5, 5.41) is 0. The fourth-order valence-corrected chi connectivity index (χ4v) is 4.42. The van der Waals surface area contributed by atoms with Gasteiger partial charge in [-0.25, -0.2) is 15.0 Å². The molecule has 176 valence electrons. The maximum Gasteiger partial charge on any atom is 0.182 e. The van der Waals surface area contributed by atoms with Crippen molar-refractivity contribution in [3.63, 3.8) is 0 Å². The summed E-state index contributed by atoms with van der Waals surface area (Å²) < 4.78 is 0. The highest BCUT2D eigenvalue weighted by Gasteiger charge is 2.15. The van der Waals surface area contributed by atoms with E-state index >= 15 is 0 Å². The van der Waals surface area contributed by atoms with Crippen molar-refractivity contribution in [2.75, 3.05) is 0 Å². The quantitative estimate of drug-likeness (QED) is 0.261. The second-order valence-electron chi connectivity index (χ2n) is 8.68. The zero-order valence-corrected chi connectivity index (χ0v) is 20.3. The van der Waals surface area contributed by atoms with E-state index in [2.05, 4.69) is 88.6 Å². The van der Waals surface area contributed by atoms with Crippen LogP contribution >= 0.6 is 0 Å². The first-order valence-electron chi connectivity index (χ1n) is 12.1. The molecule has 0 saturated heterocycles. The molecule has 3 aromatic carbocycles. The molecule has 0 N–H and O–H groups in total. The Balaban J connectivity index is 1.46. The van der Waals surface area contributed by atoms with Gasteiger partial charge >= 0.3 is 0 Å². The van der Waals surface area contributed by atoms with E-state index in [-0.39, 0.29) is 0 Å². The van der Waals surface area contributed by atoms with Crippen molar-refractivity contribution in [2.45, 2.75) is 6.92 Å². The monoisotopic (exact) mass is 477 g/mol. The molecule has 0 radical (unpaired) electrons. The molecule has 0 saturated carbocycles. The summed E-state index contributed by atoms with van der Waals surface area (Å²) in [6.45, 7) is 2.13. The van der Waals surface area contributed by atoms with Crippen LogP contribution < -0.4 is 0 Å². The van der Waals surface area contributed by atoms with Crippen LogP contribution in [0.3, 0.4) is 0 Å². The minimum absolute atomic E-state index is 0.516. The van der Waals surface area contributed by atoms with Crippen molar-refractivity contribution in [3.8, 4) is 56.7 Å². The molecule has 0 aliphatic carbocycles. The van der Waals surface area contributed by atoms with E-state index in [1.165, 1.54) is 22.3 Å². The zero-order chi connectivity index (χ0) is 25.0. The molecule has 0 atom stereocenters. The molecule has 0 spiro atoms.